The Balaban J connectivity index is 1.81. The van der Waals surface area contributed by atoms with Crippen molar-refractivity contribution in [3.8, 4) is 0 Å². The fourth-order valence-electron chi connectivity index (χ4n) is 3.57. The summed E-state index contributed by atoms with van der Waals surface area (Å²) in [6.45, 7) is 4.18. The van der Waals surface area contributed by atoms with Crippen LogP contribution in [0.4, 0.5) is 0 Å². The summed E-state index contributed by atoms with van der Waals surface area (Å²) in [4.78, 5) is 15.1. The normalized spacial score (nSPS) is 17.3. The van der Waals surface area contributed by atoms with E-state index in [1.807, 2.05) is 29.2 Å². The van der Waals surface area contributed by atoms with Crippen LogP contribution in [0.25, 0.3) is 0 Å². The number of nitrogens with zero attached hydrogens (tertiary/aromatic N) is 1. The number of hydrogen-bond acceptors (Lipinski definition) is 3. The van der Waals surface area contributed by atoms with Gasteiger partial charge in [0, 0.05) is 29.2 Å². The van der Waals surface area contributed by atoms with E-state index in [2.05, 4.69) is 4.72 Å². The average molecular weight is 421 g/mol. The van der Waals surface area contributed by atoms with Crippen molar-refractivity contribution >= 4 is 27.5 Å². The monoisotopic (exact) mass is 420 g/mol. The molecule has 1 fully saturated rings. The molecule has 1 saturated heterocycles. The first kappa shape index (κ1) is 20.8. The molecule has 1 unspecified atom stereocenters. The molecular weight excluding hydrogens is 396 g/mol. The van der Waals surface area contributed by atoms with E-state index in [1.165, 1.54) is 12.1 Å². The van der Waals surface area contributed by atoms with Crippen molar-refractivity contribution in [2.24, 2.45) is 0 Å². The SMILES string of the molecule is CC(C)NS(=O)(=O)c1cccc(C(=O)N2CCCC2Cc2ccccc2Cl)c1. The van der Waals surface area contributed by atoms with Crippen LogP contribution in [0.15, 0.2) is 53.4 Å². The lowest BCUT2D eigenvalue weighted by Gasteiger charge is -2.25. The van der Waals surface area contributed by atoms with E-state index in [4.69, 9.17) is 11.6 Å². The van der Waals surface area contributed by atoms with E-state index in [9.17, 15) is 13.2 Å². The minimum absolute atomic E-state index is 0.0569. The van der Waals surface area contributed by atoms with Crippen LogP contribution >= 0.6 is 11.6 Å². The quantitative estimate of drug-likeness (QED) is 0.771. The van der Waals surface area contributed by atoms with Gasteiger partial charge in [-0.15, -0.1) is 0 Å². The molecule has 150 valence electrons. The van der Waals surface area contributed by atoms with Crippen LogP contribution in [-0.4, -0.2) is 37.9 Å². The maximum atomic E-state index is 13.1. The predicted molar refractivity (Wildman–Crippen MR) is 111 cm³/mol. The van der Waals surface area contributed by atoms with Gasteiger partial charge >= 0.3 is 0 Å². The molecule has 0 radical (unpaired) electrons. The van der Waals surface area contributed by atoms with Gasteiger partial charge in [-0.05, 0) is 62.9 Å². The molecule has 1 aliphatic heterocycles. The van der Waals surface area contributed by atoms with E-state index < -0.39 is 10.0 Å². The number of sulfonamides is 1. The second-order valence-corrected chi connectivity index (χ2v) is 9.52. The Bertz CT molecular complexity index is 960. The lowest BCUT2D eigenvalue weighted by atomic mass is 10.0. The molecule has 1 N–H and O–H groups in total. The summed E-state index contributed by atoms with van der Waals surface area (Å²) in [6.07, 6.45) is 2.52. The van der Waals surface area contributed by atoms with E-state index >= 15 is 0 Å². The highest BCUT2D eigenvalue weighted by molar-refractivity contribution is 7.89. The van der Waals surface area contributed by atoms with Crippen LogP contribution in [0.2, 0.25) is 5.02 Å². The van der Waals surface area contributed by atoms with E-state index in [-0.39, 0.29) is 22.9 Å². The van der Waals surface area contributed by atoms with Crippen LogP contribution in [0.5, 0.6) is 0 Å². The van der Waals surface area contributed by atoms with Crippen molar-refractivity contribution in [3.63, 3.8) is 0 Å². The zero-order valence-corrected chi connectivity index (χ0v) is 17.6. The zero-order valence-electron chi connectivity index (χ0n) is 16.1. The lowest BCUT2D eigenvalue weighted by molar-refractivity contribution is 0.0736. The van der Waals surface area contributed by atoms with Crippen molar-refractivity contribution < 1.29 is 13.2 Å². The summed E-state index contributed by atoms with van der Waals surface area (Å²) in [7, 11) is -3.64. The molecule has 1 aliphatic rings. The van der Waals surface area contributed by atoms with Gasteiger partial charge in [-0.25, -0.2) is 13.1 Å². The molecule has 1 atom stereocenters. The summed E-state index contributed by atoms with van der Waals surface area (Å²) in [6, 6.07) is 13.7. The molecule has 1 heterocycles. The Morgan fingerprint density at radius 3 is 2.68 bits per heavy atom. The summed E-state index contributed by atoms with van der Waals surface area (Å²) in [5, 5.41) is 0.703. The van der Waals surface area contributed by atoms with Gasteiger partial charge in [0.1, 0.15) is 0 Å². The Hall–Kier alpha value is -1.89. The third kappa shape index (κ3) is 4.74. The number of likely N-dealkylation sites (tertiary alicyclic amines) is 1. The summed E-state index contributed by atoms with van der Waals surface area (Å²) < 4.78 is 27.4. The van der Waals surface area contributed by atoms with Gasteiger partial charge in [-0.1, -0.05) is 35.9 Å². The molecule has 2 aromatic rings. The van der Waals surface area contributed by atoms with Gasteiger partial charge in [0.15, 0.2) is 0 Å². The van der Waals surface area contributed by atoms with Crippen molar-refractivity contribution in [3.05, 3.63) is 64.7 Å². The fraction of sp³-hybridized carbons (Fsp3) is 0.381. The molecule has 1 amide bonds. The zero-order chi connectivity index (χ0) is 20.3. The number of rotatable bonds is 6. The lowest BCUT2D eigenvalue weighted by Crippen LogP contribution is -2.37. The van der Waals surface area contributed by atoms with E-state index in [0.29, 0.717) is 23.6 Å². The molecule has 2 aromatic carbocycles. The highest BCUT2D eigenvalue weighted by Gasteiger charge is 2.30. The van der Waals surface area contributed by atoms with Gasteiger partial charge in [-0.2, -0.15) is 0 Å². The maximum Gasteiger partial charge on any atom is 0.254 e. The number of carbonyl (C=O) groups is 1. The topological polar surface area (TPSA) is 66.5 Å². The summed E-state index contributed by atoms with van der Waals surface area (Å²) in [5.41, 5.74) is 1.41. The first-order chi connectivity index (χ1) is 13.3. The minimum atomic E-state index is -3.64. The fourth-order valence-corrected chi connectivity index (χ4v) is 5.08. The number of carbonyl (C=O) groups excluding carboxylic acids is 1. The highest BCUT2D eigenvalue weighted by Crippen LogP contribution is 2.26. The minimum Gasteiger partial charge on any atom is -0.335 e. The molecule has 5 nitrogen and oxygen atoms in total. The van der Waals surface area contributed by atoms with Gasteiger partial charge < -0.3 is 4.90 Å². The Morgan fingerprint density at radius 1 is 1.21 bits per heavy atom. The molecule has 0 bridgehead atoms. The van der Waals surface area contributed by atoms with Crippen LogP contribution in [0.1, 0.15) is 42.6 Å². The first-order valence-corrected chi connectivity index (χ1v) is 11.3. The molecule has 0 aliphatic carbocycles. The Morgan fingerprint density at radius 2 is 1.96 bits per heavy atom. The molecular formula is C21H25ClN2O3S. The van der Waals surface area contributed by atoms with Crippen molar-refractivity contribution in [2.75, 3.05) is 6.54 Å². The van der Waals surface area contributed by atoms with Gasteiger partial charge in [0.05, 0.1) is 4.90 Å². The maximum absolute atomic E-state index is 13.1. The molecule has 0 spiro atoms. The van der Waals surface area contributed by atoms with E-state index in [0.717, 1.165) is 18.4 Å². The summed E-state index contributed by atoms with van der Waals surface area (Å²) >= 11 is 6.28. The first-order valence-electron chi connectivity index (χ1n) is 9.44. The van der Waals surface area contributed by atoms with Crippen molar-refractivity contribution in [1.82, 2.24) is 9.62 Å². The van der Waals surface area contributed by atoms with E-state index in [1.54, 1.807) is 26.0 Å². The standard InChI is InChI=1S/C21H25ClN2O3S/c1-15(2)23-28(26,27)19-10-5-8-17(14-19)21(25)24-12-6-9-18(24)13-16-7-3-4-11-20(16)22/h3-5,7-8,10-11,14-15,18,23H,6,9,12-13H2,1-2H3. The Labute approximate surface area is 171 Å². The Kier molecular flexibility index (Phi) is 6.43. The summed E-state index contributed by atoms with van der Waals surface area (Å²) in [5.74, 6) is -0.142. The van der Waals surface area contributed by atoms with Gasteiger partial charge in [-0.3, -0.25) is 4.79 Å². The molecule has 3 rings (SSSR count). The third-order valence-electron chi connectivity index (χ3n) is 4.83. The van der Waals surface area contributed by atoms with Crippen molar-refractivity contribution in [1.29, 1.82) is 0 Å². The van der Waals surface area contributed by atoms with Gasteiger partial charge in [0.25, 0.3) is 5.91 Å². The molecule has 28 heavy (non-hydrogen) atoms. The highest BCUT2D eigenvalue weighted by atomic mass is 35.5. The van der Waals surface area contributed by atoms with Crippen LogP contribution in [0, 0.1) is 0 Å². The number of benzene rings is 2. The number of amides is 1. The molecule has 7 heteroatoms. The van der Waals surface area contributed by atoms with Crippen LogP contribution in [0.3, 0.4) is 0 Å². The van der Waals surface area contributed by atoms with Gasteiger partial charge in [0.2, 0.25) is 10.0 Å². The number of halogens is 1. The molecule has 0 saturated carbocycles. The molecule has 0 aromatic heterocycles. The average Bonchev–Trinajstić information content (AvgIpc) is 3.10. The second kappa shape index (κ2) is 8.64. The largest absolute Gasteiger partial charge is 0.335 e. The predicted octanol–water partition coefficient (Wildman–Crippen LogP) is 3.87. The van der Waals surface area contributed by atoms with Crippen LogP contribution in [-0.2, 0) is 16.4 Å². The van der Waals surface area contributed by atoms with Crippen molar-refractivity contribution in [2.45, 2.75) is 50.1 Å². The van der Waals surface area contributed by atoms with Crippen LogP contribution < -0.4 is 4.72 Å². The second-order valence-electron chi connectivity index (χ2n) is 7.39. The third-order valence-corrected chi connectivity index (χ3v) is 6.86. The number of nitrogens with one attached hydrogen (secondary N) is 1. The number of hydrogen-bond donors (Lipinski definition) is 1. The smallest absolute Gasteiger partial charge is 0.254 e.